The highest BCUT2D eigenvalue weighted by molar-refractivity contribution is 7.92. The summed E-state index contributed by atoms with van der Waals surface area (Å²) in [6.45, 7) is 1.96. The molecule has 12 heteroatoms. The van der Waals surface area contributed by atoms with Crippen LogP contribution in [0.3, 0.4) is 0 Å². The van der Waals surface area contributed by atoms with Crippen molar-refractivity contribution in [2.24, 2.45) is 0 Å². The molecule has 0 aliphatic rings. The number of hydrogen-bond acceptors (Lipinski definition) is 7. The van der Waals surface area contributed by atoms with E-state index in [1.54, 1.807) is 12.3 Å². The molecule has 0 aliphatic heterocycles. The Morgan fingerprint density at radius 3 is 2.48 bits per heavy atom. The van der Waals surface area contributed by atoms with Crippen LogP contribution < -0.4 is 4.90 Å². The number of nitro groups is 1. The minimum Gasteiger partial charge on any atom is -0.363 e. The van der Waals surface area contributed by atoms with Gasteiger partial charge in [-0.2, -0.15) is 13.2 Å². The third-order valence-electron chi connectivity index (χ3n) is 3.24. The third kappa shape index (κ3) is 3.90. The molecule has 0 radical (unpaired) electrons. The topological polar surface area (TPSA) is 93.4 Å². The zero-order valence-corrected chi connectivity index (χ0v) is 14.6. The lowest BCUT2D eigenvalue weighted by Crippen LogP contribution is -2.24. The van der Waals surface area contributed by atoms with Crippen molar-refractivity contribution >= 4 is 32.5 Å². The van der Waals surface area contributed by atoms with Crippen molar-refractivity contribution in [1.82, 2.24) is 4.98 Å². The normalized spacial score (nSPS) is 12.2. The van der Waals surface area contributed by atoms with Crippen LogP contribution in [0.15, 0.2) is 28.5 Å². The zero-order valence-electron chi connectivity index (χ0n) is 12.9. The summed E-state index contributed by atoms with van der Waals surface area (Å²) in [6.07, 6.45) is 0. The third-order valence-corrected chi connectivity index (χ3v) is 5.54. The maximum atomic E-state index is 12.6. The number of rotatable bonds is 5. The van der Waals surface area contributed by atoms with Gasteiger partial charge in [-0.25, -0.2) is 13.4 Å². The molecule has 7 nitrogen and oxygen atoms in total. The first kappa shape index (κ1) is 19.1. The maximum absolute atomic E-state index is 12.6. The van der Waals surface area contributed by atoms with Crippen molar-refractivity contribution in [2.45, 2.75) is 23.9 Å². The Morgan fingerprint density at radius 1 is 1.36 bits per heavy atom. The molecule has 0 unspecified atom stereocenters. The number of nitro benzene ring substituents is 1. The highest BCUT2D eigenvalue weighted by Crippen LogP contribution is 2.36. The number of thiazole rings is 1. The lowest BCUT2D eigenvalue weighted by molar-refractivity contribution is -0.384. The number of aromatic nitrogens is 1. The predicted octanol–water partition coefficient (Wildman–Crippen LogP) is 3.29. The van der Waals surface area contributed by atoms with E-state index in [2.05, 4.69) is 4.98 Å². The van der Waals surface area contributed by atoms with Gasteiger partial charge in [0.1, 0.15) is 5.69 Å². The first-order valence-corrected chi connectivity index (χ1v) is 9.01. The largest absolute Gasteiger partial charge is 0.501 e. The average Bonchev–Trinajstić information content (AvgIpc) is 2.90. The lowest BCUT2D eigenvalue weighted by atomic mass is 10.2. The highest BCUT2D eigenvalue weighted by atomic mass is 32.2. The molecule has 0 N–H and O–H groups in total. The fraction of sp³-hybridized carbons (Fsp3) is 0.308. The van der Waals surface area contributed by atoms with Gasteiger partial charge in [0.15, 0.2) is 0 Å². The van der Waals surface area contributed by atoms with Gasteiger partial charge < -0.3 is 4.90 Å². The summed E-state index contributed by atoms with van der Waals surface area (Å²) in [6, 6.07) is 2.10. The predicted molar refractivity (Wildman–Crippen MR) is 85.3 cm³/mol. The first-order chi connectivity index (χ1) is 11.4. The molecule has 0 saturated carbocycles. The van der Waals surface area contributed by atoms with E-state index in [-0.39, 0.29) is 12.2 Å². The molecule has 0 atom stereocenters. The van der Waals surface area contributed by atoms with Crippen LogP contribution in [-0.4, -0.2) is 30.9 Å². The van der Waals surface area contributed by atoms with Crippen molar-refractivity contribution in [3.8, 4) is 0 Å². The Labute approximate surface area is 144 Å². The molecule has 136 valence electrons. The number of anilines is 1. The average molecular weight is 395 g/mol. The van der Waals surface area contributed by atoms with E-state index in [1.165, 1.54) is 23.3 Å². The number of hydrogen-bond donors (Lipinski definition) is 0. The number of nitrogens with zero attached hydrogens (tertiary/aromatic N) is 3. The van der Waals surface area contributed by atoms with Gasteiger partial charge in [-0.05, 0) is 19.1 Å². The minimum atomic E-state index is -5.66. The Hall–Kier alpha value is -2.21. The fourth-order valence-electron chi connectivity index (χ4n) is 2.08. The maximum Gasteiger partial charge on any atom is 0.501 e. The summed E-state index contributed by atoms with van der Waals surface area (Å²) in [5, 5.41) is 13.7. The summed E-state index contributed by atoms with van der Waals surface area (Å²) in [5.74, 6) is 0. The molecular weight excluding hydrogens is 383 g/mol. The van der Waals surface area contributed by atoms with E-state index >= 15 is 0 Å². The first-order valence-electron chi connectivity index (χ1n) is 6.65. The van der Waals surface area contributed by atoms with Gasteiger partial charge in [0, 0.05) is 18.5 Å². The Bertz CT molecular complexity index is 909. The van der Waals surface area contributed by atoms with E-state index in [4.69, 9.17) is 0 Å². The zero-order chi connectivity index (χ0) is 19.0. The number of halogens is 3. The van der Waals surface area contributed by atoms with E-state index in [1.807, 2.05) is 0 Å². The molecule has 0 fully saturated rings. The molecule has 0 bridgehead atoms. The Morgan fingerprint density at radius 2 is 2.00 bits per heavy atom. The number of benzene rings is 1. The molecule has 2 rings (SSSR count). The molecule has 25 heavy (non-hydrogen) atoms. The fourth-order valence-corrected chi connectivity index (χ4v) is 3.47. The van der Waals surface area contributed by atoms with Gasteiger partial charge in [-0.1, -0.05) is 0 Å². The van der Waals surface area contributed by atoms with Gasteiger partial charge in [0.25, 0.3) is 15.5 Å². The second kappa shape index (κ2) is 6.59. The molecule has 0 spiro atoms. The van der Waals surface area contributed by atoms with Crippen LogP contribution in [-0.2, 0) is 16.4 Å². The summed E-state index contributed by atoms with van der Waals surface area (Å²) in [5.41, 5.74) is -5.66. The SMILES string of the molecule is Cc1nc(CN(C)c2ccc(S(=O)(=O)C(F)(F)F)cc2[N+](=O)[O-])cs1. The number of sulfone groups is 1. The summed E-state index contributed by atoms with van der Waals surface area (Å²) >= 11 is 1.38. The molecule has 2 aromatic rings. The molecule has 0 amide bonds. The minimum absolute atomic E-state index is 0.0169. The number of aryl methyl sites for hydroxylation is 1. The highest BCUT2D eigenvalue weighted by Gasteiger charge is 2.47. The molecule has 0 saturated heterocycles. The summed E-state index contributed by atoms with van der Waals surface area (Å²) in [7, 11) is -4.17. The van der Waals surface area contributed by atoms with Gasteiger partial charge in [-0.3, -0.25) is 10.1 Å². The second-order valence-corrected chi connectivity index (χ2v) is 8.07. The monoisotopic (exact) mass is 395 g/mol. The van der Waals surface area contributed by atoms with Crippen LogP contribution in [0.1, 0.15) is 10.7 Å². The smallest absolute Gasteiger partial charge is 0.363 e. The summed E-state index contributed by atoms with van der Waals surface area (Å²) in [4.78, 5) is 14.7. The van der Waals surface area contributed by atoms with Crippen molar-refractivity contribution in [2.75, 3.05) is 11.9 Å². The Kier molecular flexibility index (Phi) is 5.04. The van der Waals surface area contributed by atoms with Crippen LogP contribution in [0.4, 0.5) is 24.5 Å². The van der Waals surface area contributed by atoms with Crippen molar-refractivity contribution in [3.05, 3.63) is 44.4 Å². The van der Waals surface area contributed by atoms with Gasteiger partial charge in [0.05, 0.1) is 27.1 Å². The van der Waals surface area contributed by atoms with E-state index in [0.29, 0.717) is 17.8 Å². The molecule has 1 aromatic carbocycles. The van der Waals surface area contributed by atoms with Crippen LogP contribution in [0.25, 0.3) is 0 Å². The lowest BCUT2D eigenvalue weighted by Gasteiger charge is -2.18. The molecule has 1 heterocycles. The van der Waals surface area contributed by atoms with Gasteiger partial charge in [-0.15, -0.1) is 11.3 Å². The second-order valence-electron chi connectivity index (χ2n) is 5.07. The van der Waals surface area contributed by atoms with Crippen LogP contribution in [0.5, 0.6) is 0 Å². The van der Waals surface area contributed by atoms with Crippen molar-refractivity contribution in [1.29, 1.82) is 0 Å². The van der Waals surface area contributed by atoms with Crippen molar-refractivity contribution in [3.63, 3.8) is 0 Å². The van der Waals surface area contributed by atoms with Gasteiger partial charge >= 0.3 is 5.51 Å². The van der Waals surface area contributed by atoms with Crippen LogP contribution in [0.2, 0.25) is 0 Å². The summed E-state index contributed by atoms with van der Waals surface area (Å²) < 4.78 is 60.7. The van der Waals surface area contributed by atoms with Crippen molar-refractivity contribution < 1.29 is 26.5 Å². The van der Waals surface area contributed by atoms with Crippen LogP contribution >= 0.6 is 11.3 Å². The van der Waals surface area contributed by atoms with E-state index in [9.17, 15) is 31.7 Å². The molecule has 1 aromatic heterocycles. The van der Waals surface area contributed by atoms with Gasteiger partial charge in [0.2, 0.25) is 0 Å². The molecular formula is C13H12F3N3O4S2. The quantitative estimate of drug-likeness (QED) is 0.570. The van der Waals surface area contributed by atoms with Crippen LogP contribution in [0, 0.1) is 17.0 Å². The molecule has 0 aliphatic carbocycles. The van der Waals surface area contributed by atoms with E-state index < -0.39 is 30.9 Å². The van der Waals surface area contributed by atoms with E-state index in [0.717, 1.165) is 11.1 Å². The Balaban J connectivity index is 2.45. The standard InChI is InChI=1S/C13H12F3N3O4S2/c1-8-17-9(7-24-8)6-18(2)11-4-3-10(5-12(11)19(20)21)25(22,23)13(14,15)16/h3-5,7H,6H2,1-2H3. The number of alkyl halides is 3.